The van der Waals surface area contributed by atoms with Crippen molar-refractivity contribution in [1.29, 1.82) is 0 Å². The number of aliphatic hydroxyl groups excluding tert-OH is 3. The summed E-state index contributed by atoms with van der Waals surface area (Å²) in [4.78, 5) is 0. The number of fused-ring (bicyclic) bond motifs is 3. The average Bonchev–Trinajstić information content (AvgIpc) is 2.51. The van der Waals surface area contributed by atoms with Crippen molar-refractivity contribution in [2.75, 3.05) is 6.61 Å². The maximum atomic E-state index is 10.4. The number of rotatable bonds is 2. The van der Waals surface area contributed by atoms with Crippen molar-refractivity contribution >= 4 is 0 Å². The molecular weight excluding hydrogens is 280 g/mol. The topological polar surface area (TPSA) is 80.9 Å². The first-order chi connectivity index (χ1) is 10.4. The van der Waals surface area contributed by atoms with Crippen LogP contribution in [0, 0.1) is 11.3 Å². The molecule has 22 heavy (non-hydrogen) atoms. The van der Waals surface area contributed by atoms with Crippen LogP contribution in [0.4, 0.5) is 0 Å². The Kier molecular flexibility index (Phi) is 3.75. The first-order valence-electron chi connectivity index (χ1n) is 8.12. The first-order valence-corrected chi connectivity index (χ1v) is 8.12. The molecule has 4 heteroatoms. The van der Waals surface area contributed by atoms with Crippen molar-refractivity contribution < 1.29 is 20.4 Å². The summed E-state index contributed by atoms with van der Waals surface area (Å²) in [6.07, 6.45) is 2.78. The van der Waals surface area contributed by atoms with Crippen LogP contribution in [0.2, 0.25) is 0 Å². The van der Waals surface area contributed by atoms with Gasteiger partial charge in [-0.25, -0.2) is 0 Å². The van der Waals surface area contributed by atoms with Gasteiger partial charge in [0.05, 0.1) is 19.3 Å². The van der Waals surface area contributed by atoms with Crippen LogP contribution in [0.5, 0.6) is 5.75 Å². The minimum atomic E-state index is -0.504. The van der Waals surface area contributed by atoms with Crippen LogP contribution >= 0.6 is 0 Å². The molecule has 0 spiro atoms. The molecule has 4 atom stereocenters. The molecule has 2 aliphatic rings. The molecule has 122 valence electrons. The highest BCUT2D eigenvalue weighted by molar-refractivity contribution is 5.47. The van der Waals surface area contributed by atoms with Gasteiger partial charge in [0.1, 0.15) is 5.75 Å². The van der Waals surface area contributed by atoms with Gasteiger partial charge in [0.25, 0.3) is 0 Å². The minimum absolute atomic E-state index is 0.0234. The third-order valence-electron chi connectivity index (χ3n) is 6.40. The lowest BCUT2D eigenvalue weighted by Gasteiger charge is -2.56. The third-order valence-corrected chi connectivity index (χ3v) is 6.40. The summed E-state index contributed by atoms with van der Waals surface area (Å²) in [5.74, 6) is 0.320. The number of benzene rings is 1. The smallest absolute Gasteiger partial charge is 0.121 e. The van der Waals surface area contributed by atoms with E-state index in [1.165, 1.54) is 5.56 Å². The number of hydrogen-bond acceptors (Lipinski definition) is 4. The number of aryl methyl sites for hydroxylation is 1. The van der Waals surface area contributed by atoms with Crippen LogP contribution < -0.4 is 0 Å². The Morgan fingerprint density at radius 3 is 2.55 bits per heavy atom. The highest BCUT2D eigenvalue weighted by Crippen LogP contribution is 2.57. The quantitative estimate of drug-likeness (QED) is 0.672. The maximum absolute atomic E-state index is 10.4. The van der Waals surface area contributed by atoms with Gasteiger partial charge in [-0.3, -0.25) is 0 Å². The summed E-state index contributed by atoms with van der Waals surface area (Å²) in [5, 5.41) is 39.8. The van der Waals surface area contributed by atoms with Crippen LogP contribution in [0.1, 0.15) is 49.8 Å². The van der Waals surface area contributed by atoms with Crippen molar-refractivity contribution in [2.45, 2.75) is 57.7 Å². The van der Waals surface area contributed by atoms with Crippen LogP contribution in [-0.4, -0.2) is 33.1 Å². The standard InChI is InChI=1S/C18H26O4/c1-17-6-5-16(22)18(2,10-20)15(17)4-3-11-7-12(9-19)14(21)8-13(11)17/h7-8,15-16,19-22H,3-6,9-10H2,1-2H3/t15-,16+,17+,18?/m1/s1. The van der Waals surface area contributed by atoms with Crippen molar-refractivity contribution in [3.05, 3.63) is 28.8 Å². The Morgan fingerprint density at radius 2 is 1.91 bits per heavy atom. The fraction of sp³-hybridized carbons (Fsp3) is 0.667. The summed E-state index contributed by atoms with van der Waals surface area (Å²) in [6.45, 7) is 3.98. The average molecular weight is 306 g/mol. The Balaban J connectivity index is 2.12. The second-order valence-electron chi connectivity index (χ2n) is 7.52. The van der Waals surface area contributed by atoms with E-state index < -0.39 is 11.5 Å². The molecule has 0 radical (unpaired) electrons. The number of aliphatic hydroxyl groups is 3. The van der Waals surface area contributed by atoms with Crippen LogP contribution in [0.3, 0.4) is 0 Å². The zero-order chi connectivity index (χ0) is 16.1. The largest absolute Gasteiger partial charge is 0.508 e. The Hall–Kier alpha value is -1.10. The van der Waals surface area contributed by atoms with Gasteiger partial charge in [-0.2, -0.15) is 0 Å². The second-order valence-corrected chi connectivity index (χ2v) is 7.52. The van der Waals surface area contributed by atoms with E-state index in [0.717, 1.165) is 24.8 Å². The normalized spacial score (nSPS) is 37.5. The third kappa shape index (κ3) is 2.01. The van der Waals surface area contributed by atoms with Crippen molar-refractivity contribution in [3.63, 3.8) is 0 Å². The van der Waals surface area contributed by atoms with Gasteiger partial charge in [-0.05, 0) is 60.3 Å². The van der Waals surface area contributed by atoms with Gasteiger partial charge in [0.2, 0.25) is 0 Å². The highest BCUT2D eigenvalue weighted by Gasteiger charge is 2.55. The van der Waals surface area contributed by atoms with Gasteiger partial charge < -0.3 is 20.4 Å². The first kappa shape index (κ1) is 15.8. The van der Waals surface area contributed by atoms with E-state index in [0.29, 0.717) is 12.0 Å². The predicted molar refractivity (Wildman–Crippen MR) is 83.6 cm³/mol. The molecule has 0 aliphatic heterocycles. The van der Waals surface area contributed by atoms with Gasteiger partial charge >= 0.3 is 0 Å². The Labute approximate surface area is 131 Å². The fourth-order valence-electron chi connectivity index (χ4n) is 4.94. The maximum Gasteiger partial charge on any atom is 0.121 e. The van der Waals surface area contributed by atoms with Gasteiger partial charge in [0.15, 0.2) is 0 Å². The molecule has 0 saturated heterocycles. The van der Waals surface area contributed by atoms with E-state index in [2.05, 4.69) is 6.92 Å². The highest BCUT2D eigenvalue weighted by atomic mass is 16.3. The van der Waals surface area contributed by atoms with Gasteiger partial charge in [0, 0.05) is 11.0 Å². The summed E-state index contributed by atoms with van der Waals surface area (Å²) in [5.41, 5.74) is 2.20. The molecular formula is C18H26O4. The lowest BCUT2D eigenvalue weighted by atomic mass is 9.49. The van der Waals surface area contributed by atoms with E-state index in [-0.39, 0.29) is 30.3 Å². The van der Waals surface area contributed by atoms with E-state index in [9.17, 15) is 20.4 Å². The Morgan fingerprint density at radius 1 is 1.18 bits per heavy atom. The van der Waals surface area contributed by atoms with Crippen molar-refractivity contribution in [2.24, 2.45) is 11.3 Å². The van der Waals surface area contributed by atoms with Crippen LogP contribution in [0.25, 0.3) is 0 Å². The second kappa shape index (κ2) is 5.22. The monoisotopic (exact) mass is 306 g/mol. The van der Waals surface area contributed by atoms with Crippen LogP contribution in [0.15, 0.2) is 12.1 Å². The summed E-state index contributed by atoms with van der Waals surface area (Å²) in [7, 11) is 0. The Bertz CT molecular complexity index is 585. The molecule has 0 heterocycles. The molecule has 1 unspecified atom stereocenters. The zero-order valence-electron chi connectivity index (χ0n) is 13.3. The molecule has 1 fully saturated rings. The van der Waals surface area contributed by atoms with Crippen molar-refractivity contribution in [3.8, 4) is 5.75 Å². The molecule has 0 amide bonds. The summed E-state index contributed by atoms with van der Waals surface area (Å²) >= 11 is 0. The number of hydrogen-bond donors (Lipinski definition) is 4. The lowest BCUT2D eigenvalue weighted by molar-refractivity contribution is -0.110. The van der Waals surface area contributed by atoms with E-state index >= 15 is 0 Å². The summed E-state index contributed by atoms with van der Waals surface area (Å²) < 4.78 is 0. The molecule has 1 aromatic rings. The molecule has 4 nitrogen and oxygen atoms in total. The van der Waals surface area contributed by atoms with Gasteiger partial charge in [-0.15, -0.1) is 0 Å². The summed E-state index contributed by atoms with van der Waals surface area (Å²) in [6, 6.07) is 3.70. The molecule has 3 rings (SSSR count). The molecule has 0 aromatic heterocycles. The molecule has 1 saturated carbocycles. The molecule has 0 bridgehead atoms. The SMILES string of the molecule is CC1(CO)[C@@H](O)CC[C@@]2(C)c3cc(O)c(CO)cc3CC[C@@H]12. The van der Waals surface area contributed by atoms with E-state index in [4.69, 9.17) is 0 Å². The van der Waals surface area contributed by atoms with Gasteiger partial charge in [-0.1, -0.05) is 13.8 Å². The zero-order valence-corrected chi connectivity index (χ0v) is 13.3. The number of aromatic hydroxyl groups is 1. The molecule has 2 aliphatic carbocycles. The number of phenols is 1. The van der Waals surface area contributed by atoms with E-state index in [1.54, 1.807) is 6.07 Å². The van der Waals surface area contributed by atoms with Crippen molar-refractivity contribution in [1.82, 2.24) is 0 Å². The van der Waals surface area contributed by atoms with Crippen LogP contribution in [-0.2, 0) is 18.4 Å². The fourth-order valence-corrected chi connectivity index (χ4v) is 4.94. The van der Waals surface area contributed by atoms with E-state index in [1.807, 2.05) is 13.0 Å². The molecule has 4 N–H and O–H groups in total. The predicted octanol–water partition coefficient (Wildman–Crippen LogP) is 1.86. The lowest BCUT2D eigenvalue weighted by Crippen LogP contribution is -2.56. The minimum Gasteiger partial charge on any atom is -0.508 e. The molecule has 1 aromatic carbocycles.